The summed E-state index contributed by atoms with van der Waals surface area (Å²) in [5.41, 5.74) is -1.93. The maximum absolute atomic E-state index is 11.9. The Bertz CT molecular complexity index is 259. The third kappa shape index (κ3) is 2.88. The van der Waals surface area contributed by atoms with Crippen molar-refractivity contribution >= 4 is 5.97 Å². The molecule has 1 fully saturated rings. The lowest BCUT2D eigenvalue weighted by Gasteiger charge is -2.29. The number of carbonyl (C=O) groups is 1. The lowest BCUT2D eigenvalue weighted by molar-refractivity contribution is -0.219. The fourth-order valence-corrected chi connectivity index (χ4v) is 1.13. The van der Waals surface area contributed by atoms with Gasteiger partial charge in [0.25, 0.3) is 0 Å². The van der Waals surface area contributed by atoms with E-state index >= 15 is 0 Å². The van der Waals surface area contributed by atoms with Crippen molar-refractivity contribution in [3.05, 3.63) is 4.91 Å². The van der Waals surface area contributed by atoms with Crippen molar-refractivity contribution in [2.24, 2.45) is 5.18 Å². The van der Waals surface area contributed by atoms with Crippen LogP contribution in [0, 0.1) is 4.91 Å². The molecule has 1 rings (SSSR count). The van der Waals surface area contributed by atoms with Crippen molar-refractivity contribution in [2.45, 2.75) is 24.7 Å². The minimum Gasteiger partial charge on any atom is -0.427 e. The summed E-state index contributed by atoms with van der Waals surface area (Å²) in [7, 11) is 0. The zero-order valence-corrected chi connectivity index (χ0v) is 7.54. The number of rotatable bonds is 2. The third-order valence-corrected chi connectivity index (χ3v) is 1.95. The molecule has 0 aromatic carbocycles. The van der Waals surface area contributed by atoms with Crippen molar-refractivity contribution in [1.82, 2.24) is 0 Å². The molecule has 0 saturated carbocycles. The van der Waals surface area contributed by atoms with Crippen LogP contribution in [-0.2, 0) is 14.3 Å². The van der Waals surface area contributed by atoms with Crippen molar-refractivity contribution in [3.8, 4) is 0 Å². The fraction of sp³-hybridized carbons (Fsp3) is 0.857. The molecule has 0 N–H and O–H groups in total. The highest BCUT2D eigenvalue weighted by atomic mass is 19.4. The molecule has 1 aliphatic heterocycles. The summed E-state index contributed by atoms with van der Waals surface area (Å²) in [6, 6.07) is 0. The van der Waals surface area contributed by atoms with Gasteiger partial charge in [0.1, 0.15) is 0 Å². The minimum atomic E-state index is -5.12. The van der Waals surface area contributed by atoms with Crippen LogP contribution in [0.1, 0.15) is 12.8 Å². The van der Waals surface area contributed by atoms with E-state index in [1.54, 1.807) is 0 Å². The Labute approximate surface area is 82.5 Å². The summed E-state index contributed by atoms with van der Waals surface area (Å²) >= 11 is 0. The van der Waals surface area contributed by atoms with E-state index < -0.39 is 17.9 Å². The molecule has 0 aliphatic carbocycles. The van der Waals surface area contributed by atoms with E-state index in [4.69, 9.17) is 4.74 Å². The van der Waals surface area contributed by atoms with Crippen LogP contribution in [0.3, 0.4) is 0 Å². The molecule has 15 heavy (non-hydrogen) atoms. The van der Waals surface area contributed by atoms with Crippen LogP contribution >= 0.6 is 0 Å². The van der Waals surface area contributed by atoms with Gasteiger partial charge in [-0.05, 0) is 5.18 Å². The maximum atomic E-state index is 11.9. The summed E-state index contributed by atoms with van der Waals surface area (Å²) in [5, 5.41) is 2.46. The second-order valence-corrected chi connectivity index (χ2v) is 3.04. The van der Waals surface area contributed by atoms with Crippen molar-refractivity contribution < 1.29 is 27.4 Å². The average Bonchev–Trinajstić information content (AvgIpc) is 2.18. The highest BCUT2D eigenvalue weighted by Crippen LogP contribution is 2.29. The number of nitrogens with zero attached hydrogens (tertiary/aromatic N) is 1. The maximum Gasteiger partial charge on any atom is 0.491 e. The number of ether oxygens (including phenoxy) is 2. The SMILES string of the molecule is O=NC1(OC(=O)C(F)(F)F)CCOCC1. The van der Waals surface area contributed by atoms with E-state index in [0.717, 1.165) is 0 Å². The number of carbonyl (C=O) groups excluding carboxylic acids is 1. The normalized spacial score (nSPS) is 20.7. The second-order valence-electron chi connectivity index (χ2n) is 3.04. The molecule has 0 bridgehead atoms. The fourth-order valence-electron chi connectivity index (χ4n) is 1.13. The number of hydrogen-bond donors (Lipinski definition) is 0. The molecule has 1 saturated heterocycles. The van der Waals surface area contributed by atoms with E-state index in [1.807, 2.05) is 0 Å². The lowest BCUT2D eigenvalue weighted by atomic mass is 10.1. The first-order valence-electron chi connectivity index (χ1n) is 4.12. The van der Waals surface area contributed by atoms with Gasteiger partial charge in [-0.3, -0.25) is 0 Å². The Kier molecular flexibility index (Phi) is 3.28. The standard InChI is InChI=1S/C7H8F3NO4/c8-7(9,10)5(12)15-6(11-13)1-3-14-4-2-6/h1-4H2. The Morgan fingerprint density at radius 1 is 1.33 bits per heavy atom. The highest BCUT2D eigenvalue weighted by Gasteiger charge is 2.48. The number of nitroso groups, excluding NO2 is 1. The van der Waals surface area contributed by atoms with Gasteiger partial charge in [-0.1, -0.05) is 0 Å². The molecule has 1 aliphatic rings. The zero-order valence-electron chi connectivity index (χ0n) is 7.54. The van der Waals surface area contributed by atoms with Gasteiger partial charge < -0.3 is 9.47 Å². The Hall–Kier alpha value is -1.18. The monoisotopic (exact) mass is 227 g/mol. The number of alkyl halides is 3. The van der Waals surface area contributed by atoms with Crippen LogP contribution in [-0.4, -0.2) is 31.1 Å². The van der Waals surface area contributed by atoms with Gasteiger partial charge in [-0.15, -0.1) is 4.91 Å². The van der Waals surface area contributed by atoms with Gasteiger partial charge >= 0.3 is 12.1 Å². The number of hydrogen-bond acceptors (Lipinski definition) is 5. The lowest BCUT2D eigenvalue weighted by Crippen LogP contribution is -2.42. The molecule has 0 atom stereocenters. The molecule has 5 nitrogen and oxygen atoms in total. The van der Waals surface area contributed by atoms with Crippen LogP contribution in [0.25, 0.3) is 0 Å². The van der Waals surface area contributed by atoms with E-state index in [9.17, 15) is 22.9 Å². The van der Waals surface area contributed by atoms with E-state index in [2.05, 4.69) is 9.91 Å². The molecule has 0 radical (unpaired) electrons. The minimum absolute atomic E-state index is 0.0386. The third-order valence-electron chi connectivity index (χ3n) is 1.95. The first-order chi connectivity index (χ1) is 6.90. The van der Waals surface area contributed by atoms with Gasteiger partial charge in [-0.25, -0.2) is 4.79 Å². The van der Waals surface area contributed by atoms with Crippen molar-refractivity contribution in [2.75, 3.05) is 13.2 Å². The molecule has 0 aromatic rings. The Morgan fingerprint density at radius 2 is 1.87 bits per heavy atom. The predicted octanol–water partition coefficient (Wildman–Crippen LogP) is 1.36. The van der Waals surface area contributed by atoms with Gasteiger partial charge in [-0.2, -0.15) is 13.2 Å². The van der Waals surface area contributed by atoms with Crippen molar-refractivity contribution in [1.29, 1.82) is 0 Å². The molecule has 0 unspecified atom stereocenters. The summed E-state index contributed by atoms with van der Waals surface area (Å²) < 4.78 is 44.5. The molecule has 8 heteroatoms. The molecule has 0 amide bonds. The molecular weight excluding hydrogens is 219 g/mol. The van der Waals surface area contributed by atoms with E-state index in [1.165, 1.54) is 0 Å². The Balaban J connectivity index is 2.68. The molecule has 86 valence electrons. The topological polar surface area (TPSA) is 65.0 Å². The summed E-state index contributed by atoms with van der Waals surface area (Å²) in [6.07, 6.45) is -5.42. The molecule has 0 spiro atoms. The summed E-state index contributed by atoms with van der Waals surface area (Å²) in [4.78, 5) is 20.9. The summed E-state index contributed by atoms with van der Waals surface area (Å²) in [6.45, 7) is 0.0771. The number of esters is 1. The molecular formula is C7H8F3NO4. The number of halogens is 3. The van der Waals surface area contributed by atoms with E-state index in [-0.39, 0.29) is 26.1 Å². The van der Waals surface area contributed by atoms with Crippen LogP contribution in [0.2, 0.25) is 0 Å². The van der Waals surface area contributed by atoms with Gasteiger partial charge in [0.2, 0.25) is 5.72 Å². The van der Waals surface area contributed by atoms with Gasteiger partial charge in [0, 0.05) is 12.8 Å². The Morgan fingerprint density at radius 3 is 2.27 bits per heavy atom. The van der Waals surface area contributed by atoms with Crippen LogP contribution in [0.4, 0.5) is 13.2 Å². The van der Waals surface area contributed by atoms with Crippen LogP contribution < -0.4 is 0 Å². The zero-order chi connectivity index (χ0) is 11.5. The quantitative estimate of drug-likeness (QED) is 0.527. The van der Waals surface area contributed by atoms with Gasteiger partial charge in [0.15, 0.2) is 0 Å². The summed E-state index contributed by atoms with van der Waals surface area (Å²) in [5.74, 6) is -2.40. The highest BCUT2D eigenvalue weighted by molar-refractivity contribution is 5.76. The van der Waals surface area contributed by atoms with Crippen LogP contribution in [0.5, 0.6) is 0 Å². The van der Waals surface area contributed by atoms with E-state index in [0.29, 0.717) is 0 Å². The first-order valence-corrected chi connectivity index (χ1v) is 4.12. The van der Waals surface area contributed by atoms with Crippen molar-refractivity contribution in [3.63, 3.8) is 0 Å². The average molecular weight is 227 g/mol. The molecule has 0 aromatic heterocycles. The smallest absolute Gasteiger partial charge is 0.427 e. The molecule has 1 heterocycles. The van der Waals surface area contributed by atoms with Gasteiger partial charge in [0.05, 0.1) is 13.2 Å². The van der Waals surface area contributed by atoms with Crippen LogP contribution in [0.15, 0.2) is 5.18 Å². The predicted molar refractivity (Wildman–Crippen MR) is 40.7 cm³/mol. The first kappa shape index (κ1) is 11.9. The largest absolute Gasteiger partial charge is 0.491 e. The second kappa shape index (κ2) is 4.13.